The first kappa shape index (κ1) is 29.5. The SMILES string of the molecule is CC(=O)NC(C(=O)NCc1ccc(Cl)c(Cl)c1)(C(c1c[nH]c2ccccc12)c1c[nH]c2ccc(C#N)cc12)N1CC=CCC1. The number of carbonyl (C=O) groups is 2. The first-order valence-corrected chi connectivity index (χ1v) is 15.1. The van der Waals surface area contributed by atoms with Gasteiger partial charge in [0.15, 0.2) is 5.66 Å². The van der Waals surface area contributed by atoms with Crippen LogP contribution < -0.4 is 10.6 Å². The molecule has 2 amide bonds. The Morgan fingerprint density at radius 2 is 1.73 bits per heavy atom. The van der Waals surface area contributed by atoms with E-state index in [-0.39, 0.29) is 18.4 Å². The van der Waals surface area contributed by atoms with Crippen LogP contribution in [0.25, 0.3) is 21.8 Å². The number of nitrogens with zero attached hydrogens (tertiary/aromatic N) is 2. The van der Waals surface area contributed by atoms with E-state index >= 15 is 0 Å². The number of amides is 2. The van der Waals surface area contributed by atoms with Crippen LogP contribution in [-0.2, 0) is 16.1 Å². The topological polar surface area (TPSA) is 117 Å². The predicted octanol–water partition coefficient (Wildman–Crippen LogP) is 6.37. The number of carbonyl (C=O) groups excluding carboxylic acids is 2. The lowest BCUT2D eigenvalue weighted by Crippen LogP contribution is -2.71. The van der Waals surface area contributed by atoms with Crippen LogP contribution in [0.3, 0.4) is 0 Å². The number of aromatic nitrogens is 2. The van der Waals surface area contributed by atoms with Crippen LogP contribution in [0.5, 0.6) is 0 Å². The summed E-state index contributed by atoms with van der Waals surface area (Å²) < 4.78 is 0. The highest BCUT2D eigenvalue weighted by molar-refractivity contribution is 6.42. The van der Waals surface area contributed by atoms with E-state index in [1.165, 1.54) is 6.92 Å². The fourth-order valence-corrected chi connectivity index (χ4v) is 6.58. The number of nitriles is 1. The molecule has 8 nitrogen and oxygen atoms in total. The van der Waals surface area contributed by atoms with Crippen molar-refractivity contribution in [3.8, 4) is 6.07 Å². The van der Waals surface area contributed by atoms with Crippen molar-refractivity contribution < 1.29 is 9.59 Å². The van der Waals surface area contributed by atoms with Crippen molar-refractivity contribution in [1.82, 2.24) is 25.5 Å². The van der Waals surface area contributed by atoms with E-state index in [1.807, 2.05) is 59.8 Å². The lowest BCUT2D eigenvalue weighted by atomic mass is 9.77. The molecule has 6 rings (SSSR count). The lowest BCUT2D eigenvalue weighted by molar-refractivity contribution is -0.143. The Balaban J connectivity index is 1.60. The number of benzene rings is 3. The molecule has 1 aliphatic heterocycles. The zero-order valence-electron chi connectivity index (χ0n) is 24.0. The highest BCUT2D eigenvalue weighted by Crippen LogP contribution is 2.44. The minimum atomic E-state index is -1.57. The van der Waals surface area contributed by atoms with Gasteiger partial charge in [-0.1, -0.05) is 59.6 Å². The number of hydrogen-bond donors (Lipinski definition) is 4. The van der Waals surface area contributed by atoms with Gasteiger partial charge in [0.2, 0.25) is 5.91 Å². The molecule has 2 unspecified atom stereocenters. The largest absolute Gasteiger partial charge is 0.361 e. The van der Waals surface area contributed by atoms with Gasteiger partial charge in [0, 0.05) is 60.8 Å². The van der Waals surface area contributed by atoms with Gasteiger partial charge in [-0.15, -0.1) is 0 Å². The highest BCUT2D eigenvalue weighted by atomic mass is 35.5. The molecule has 0 radical (unpaired) electrons. The molecule has 2 atom stereocenters. The van der Waals surface area contributed by atoms with Crippen LogP contribution in [0.4, 0.5) is 0 Å². The minimum absolute atomic E-state index is 0.161. The number of hydrogen-bond acceptors (Lipinski definition) is 4. The first-order valence-electron chi connectivity index (χ1n) is 14.3. The number of rotatable bonds is 8. The molecule has 10 heteroatoms. The molecule has 44 heavy (non-hydrogen) atoms. The van der Waals surface area contributed by atoms with Crippen LogP contribution in [-0.4, -0.2) is 45.4 Å². The fourth-order valence-electron chi connectivity index (χ4n) is 6.26. The van der Waals surface area contributed by atoms with Gasteiger partial charge in [0.25, 0.3) is 5.91 Å². The Morgan fingerprint density at radius 1 is 0.977 bits per heavy atom. The quantitative estimate of drug-likeness (QED) is 0.150. The summed E-state index contributed by atoms with van der Waals surface area (Å²) in [6.07, 6.45) is 8.58. The molecular formula is C34H30Cl2N6O2. The summed E-state index contributed by atoms with van der Waals surface area (Å²) in [5, 5.41) is 18.5. The molecule has 0 spiro atoms. The number of H-pyrrole nitrogens is 2. The van der Waals surface area contributed by atoms with Gasteiger partial charge in [0.1, 0.15) is 0 Å². The van der Waals surface area contributed by atoms with E-state index in [1.54, 1.807) is 24.3 Å². The van der Waals surface area contributed by atoms with Crippen LogP contribution in [0.2, 0.25) is 10.0 Å². The summed E-state index contributed by atoms with van der Waals surface area (Å²) in [6, 6.07) is 20.8. The Kier molecular flexibility index (Phi) is 8.19. The highest BCUT2D eigenvalue weighted by Gasteiger charge is 2.53. The van der Waals surface area contributed by atoms with E-state index in [4.69, 9.17) is 23.2 Å². The zero-order valence-corrected chi connectivity index (χ0v) is 25.5. The summed E-state index contributed by atoms with van der Waals surface area (Å²) in [4.78, 5) is 36.9. The summed E-state index contributed by atoms with van der Waals surface area (Å²) in [7, 11) is 0. The van der Waals surface area contributed by atoms with Crippen LogP contribution in [0.15, 0.2) is 85.2 Å². The Labute approximate surface area is 264 Å². The Morgan fingerprint density at radius 3 is 2.43 bits per heavy atom. The molecule has 0 bridgehead atoms. The number of halogens is 2. The molecule has 0 saturated carbocycles. The average Bonchev–Trinajstić information content (AvgIpc) is 3.65. The van der Waals surface area contributed by atoms with Crippen molar-refractivity contribution in [2.45, 2.75) is 31.5 Å². The third-order valence-corrected chi connectivity index (χ3v) is 8.95. The van der Waals surface area contributed by atoms with Crippen molar-refractivity contribution in [3.63, 3.8) is 0 Å². The smallest absolute Gasteiger partial charge is 0.262 e. The Bertz CT molecular complexity index is 1950. The molecule has 3 heterocycles. The summed E-state index contributed by atoms with van der Waals surface area (Å²) >= 11 is 12.4. The van der Waals surface area contributed by atoms with Gasteiger partial charge < -0.3 is 20.6 Å². The summed E-state index contributed by atoms with van der Waals surface area (Å²) in [5.74, 6) is -1.44. The summed E-state index contributed by atoms with van der Waals surface area (Å²) in [5.41, 5.74) is 3.00. The molecule has 1 aliphatic rings. The molecule has 0 fully saturated rings. The third kappa shape index (κ3) is 5.35. The van der Waals surface area contributed by atoms with E-state index in [0.29, 0.717) is 35.1 Å². The van der Waals surface area contributed by atoms with Crippen LogP contribution >= 0.6 is 23.2 Å². The van der Waals surface area contributed by atoms with E-state index < -0.39 is 11.6 Å². The van der Waals surface area contributed by atoms with Crippen molar-refractivity contribution in [3.05, 3.63) is 118 Å². The molecule has 0 aliphatic carbocycles. The number of fused-ring (bicyclic) bond motifs is 2. The van der Waals surface area contributed by atoms with Gasteiger partial charge in [0.05, 0.1) is 27.6 Å². The van der Waals surface area contributed by atoms with E-state index in [2.05, 4.69) is 32.7 Å². The van der Waals surface area contributed by atoms with Gasteiger partial charge in [-0.05, 0) is 59.5 Å². The van der Waals surface area contributed by atoms with Gasteiger partial charge in [-0.25, -0.2) is 0 Å². The molecule has 4 N–H and O–H groups in total. The maximum atomic E-state index is 14.9. The normalized spacial score (nSPS) is 15.5. The van der Waals surface area contributed by atoms with Crippen molar-refractivity contribution >= 4 is 56.8 Å². The van der Waals surface area contributed by atoms with E-state index in [9.17, 15) is 14.9 Å². The first-order chi connectivity index (χ1) is 21.3. The molecule has 3 aromatic carbocycles. The predicted molar refractivity (Wildman–Crippen MR) is 173 cm³/mol. The van der Waals surface area contributed by atoms with Crippen molar-refractivity contribution in [2.24, 2.45) is 0 Å². The van der Waals surface area contributed by atoms with E-state index in [0.717, 1.165) is 38.5 Å². The van der Waals surface area contributed by atoms with Crippen molar-refractivity contribution in [2.75, 3.05) is 13.1 Å². The molecule has 222 valence electrons. The second kappa shape index (κ2) is 12.2. The average molecular weight is 626 g/mol. The fraction of sp³-hybridized carbons (Fsp3) is 0.206. The second-order valence-corrected chi connectivity index (χ2v) is 11.7. The molecular weight excluding hydrogens is 595 g/mol. The number of aromatic amines is 2. The standard InChI is InChI=1S/C34H30Cl2N6O2/c1-21(43)41-34(42-13-5-2-6-14-42,33(44)40-18-23-9-11-28(35)29(36)16-23)32(26-19-38-30-8-4-3-7-24(26)30)27-20-39-31-12-10-22(17-37)15-25(27)31/h2-5,7-12,15-16,19-20,32,38-39H,6,13-14,18H2,1H3,(H,40,44)(H,41,43). The van der Waals surface area contributed by atoms with Gasteiger partial charge in [-0.2, -0.15) is 5.26 Å². The monoisotopic (exact) mass is 624 g/mol. The lowest BCUT2D eigenvalue weighted by Gasteiger charge is -2.48. The van der Waals surface area contributed by atoms with Gasteiger partial charge in [-0.3, -0.25) is 14.5 Å². The third-order valence-electron chi connectivity index (χ3n) is 8.21. The summed E-state index contributed by atoms with van der Waals surface area (Å²) in [6.45, 7) is 2.55. The maximum Gasteiger partial charge on any atom is 0.262 e. The maximum absolute atomic E-state index is 14.9. The Hall–Kier alpha value is -4.55. The van der Waals surface area contributed by atoms with Gasteiger partial charge >= 0.3 is 0 Å². The van der Waals surface area contributed by atoms with Crippen LogP contribution in [0.1, 0.15) is 41.5 Å². The zero-order chi connectivity index (χ0) is 30.8. The molecule has 0 saturated heterocycles. The minimum Gasteiger partial charge on any atom is -0.361 e. The number of nitrogens with one attached hydrogen (secondary N) is 4. The van der Waals surface area contributed by atoms with Crippen molar-refractivity contribution in [1.29, 1.82) is 5.26 Å². The second-order valence-electron chi connectivity index (χ2n) is 10.9. The van der Waals surface area contributed by atoms with Crippen LogP contribution in [0, 0.1) is 11.3 Å². The number of para-hydroxylation sites is 1. The molecule has 5 aromatic rings. The molecule has 2 aromatic heterocycles.